The normalized spacial score (nSPS) is 32.5. The zero-order chi connectivity index (χ0) is 14.6. The molecule has 20 heavy (non-hydrogen) atoms. The van der Waals surface area contributed by atoms with Crippen LogP contribution in [0.1, 0.15) is 71.6 Å². The third-order valence-corrected chi connectivity index (χ3v) is 5.55. The molecule has 2 rings (SSSR count). The van der Waals surface area contributed by atoms with E-state index in [1.807, 2.05) is 0 Å². The Balaban J connectivity index is 2.07. The molecule has 0 spiro atoms. The Kier molecular flexibility index (Phi) is 5.48. The lowest BCUT2D eigenvalue weighted by atomic mass is 9.69. The number of carboxylic acids is 1. The summed E-state index contributed by atoms with van der Waals surface area (Å²) in [5.74, 6) is 0.00298. The summed E-state index contributed by atoms with van der Waals surface area (Å²) in [5, 5.41) is 9.82. The van der Waals surface area contributed by atoms with Crippen molar-refractivity contribution in [3.8, 4) is 0 Å². The molecule has 2 atom stereocenters. The number of rotatable bonds is 5. The van der Waals surface area contributed by atoms with E-state index >= 15 is 0 Å². The van der Waals surface area contributed by atoms with Crippen LogP contribution in [0.3, 0.4) is 0 Å². The number of aliphatic carboxylic acids is 1. The van der Waals surface area contributed by atoms with Gasteiger partial charge in [0.1, 0.15) is 0 Å². The highest BCUT2D eigenvalue weighted by Gasteiger charge is 2.43. The van der Waals surface area contributed by atoms with E-state index in [2.05, 4.69) is 18.7 Å². The van der Waals surface area contributed by atoms with Crippen LogP contribution in [0.5, 0.6) is 0 Å². The van der Waals surface area contributed by atoms with Gasteiger partial charge in [-0.25, -0.2) is 0 Å². The SMILES string of the molecule is CCN(CC1(C(=O)O)CCCC(C)C1)C1CCCCC1. The van der Waals surface area contributed by atoms with E-state index < -0.39 is 11.4 Å². The van der Waals surface area contributed by atoms with Gasteiger partial charge in [-0.1, -0.05) is 46.0 Å². The van der Waals surface area contributed by atoms with Gasteiger partial charge >= 0.3 is 5.97 Å². The molecule has 0 heterocycles. The van der Waals surface area contributed by atoms with Crippen molar-refractivity contribution in [3.63, 3.8) is 0 Å². The van der Waals surface area contributed by atoms with Gasteiger partial charge in [-0.15, -0.1) is 0 Å². The molecule has 3 heteroatoms. The molecular formula is C17H31NO2. The third kappa shape index (κ3) is 3.55. The molecule has 2 saturated carbocycles. The number of carbonyl (C=O) groups is 1. The van der Waals surface area contributed by atoms with E-state index in [0.29, 0.717) is 12.0 Å². The summed E-state index contributed by atoms with van der Waals surface area (Å²) in [7, 11) is 0. The van der Waals surface area contributed by atoms with Crippen molar-refractivity contribution in [2.24, 2.45) is 11.3 Å². The highest BCUT2D eigenvalue weighted by molar-refractivity contribution is 5.75. The minimum absolute atomic E-state index is 0.481. The predicted octanol–water partition coefficient (Wildman–Crippen LogP) is 3.92. The van der Waals surface area contributed by atoms with E-state index in [1.54, 1.807) is 0 Å². The molecule has 3 nitrogen and oxygen atoms in total. The Hall–Kier alpha value is -0.570. The Morgan fingerprint density at radius 1 is 1.20 bits per heavy atom. The maximum atomic E-state index is 11.9. The zero-order valence-electron chi connectivity index (χ0n) is 13.2. The van der Waals surface area contributed by atoms with Crippen LogP contribution >= 0.6 is 0 Å². The molecule has 0 aromatic carbocycles. The van der Waals surface area contributed by atoms with E-state index in [1.165, 1.54) is 38.5 Å². The van der Waals surface area contributed by atoms with Crippen LogP contribution in [0.15, 0.2) is 0 Å². The Labute approximate surface area is 123 Å². The van der Waals surface area contributed by atoms with Gasteiger partial charge in [0.15, 0.2) is 0 Å². The first-order valence-electron chi connectivity index (χ1n) is 8.55. The van der Waals surface area contributed by atoms with Crippen LogP contribution in [-0.4, -0.2) is 35.1 Å². The second-order valence-corrected chi connectivity index (χ2v) is 7.14. The van der Waals surface area contributed by atoms with Gasteiger partial charge in [0, 0.05) is 12.6 Å². The first kappa shape index (κ1) is 15.8. The van der Waals surface area contributed by atoms with Crippen molar-refractivity contribution in [2.75, 3.05) is 13.1 Å². The first-order chi connectivity index (χ1) is 9.57. The number of hydrogen-bond donors (Lipinski definition) is 1. The molecule has 0 aromatic heterocycles. The van der Waals surface area contributed by atoms with E-state index in [0.717, 1.165) is 32.4 Å². The quantitative estimate of drug-likeness (QED) is 0.830. The highest BCUT2D eigenvalue weighted by atomic mass is 16.4. The Bertz CT molecular complexity index is 325. The van der Waals surface area contributed by atoms with E-state index in [4.69, 9.17) is 0 Å². The molecule has 2 aliphatic rings. The fraction of sp³-hybridized carbons (Fsp3) is 0.941. The second-order valence-electron chi connectivity index (χ2n) is 7.14. The highest BCUT2D eigenvalue weighted by Crippen LogP contribution is 2.41. The van der Waals surface area contributed by atoms with Crippen molar-refractivity contribution in [1.82, 2.24) is 4.90 Å². The van der Waals surface area contributed by atoms with Crippen molar-refractivity contribution < 1.29 is 9.90 Å². The monoisotopic (exact) mass is 281 g/mol. The van der Waals surface area contributed by atoms with Crippen LogP contribution in [0, 0.1) is 11.3 Å². The minimum Gasteiger partial charge on any atom is -0.481 e. The summed E-state index contributed by atoms with van der Waals surface area (Å²) in [5.41, 5.74) is -0.481. The van der Waals surface area contributed by atoms with Gasteiger partial charge in [-0.3, -0.25) is 9.69 Å². The van der Waals surface area contributed by atoms with Crippen molar-refractivity contribution in [1.29, 1.82) is 0 Å². The standard InChI is InChI=1S/C17H31NO2/c1-3-18(15-9-5-4-6-10-15)13-17(16(19)20)11-7-8-14(2)12-17/h14-15H,3-13H2,1-2H3,(H,19,20). The minimum atomic E-state index is -0.557. The van der Waals surface area contributed by atoms with E-state index in [-0.39, 0.29) is 0 Å². The maximum Gasteiger partial charge on any atom is 0.310 e. The molecule has 0 aromatic rings. The molecule has 0 radical (unpaired) electrons. The summed E-state index contributed by atoms with van der Waals surface area (Å²) in [6.45, 7) is 6.17. The largest absolute Gasteiger partial charge is 0.481 e. The third-order valence-electron chi connectivity index (χ3n) is 5.55. The van der Waals surface area contributed by atoms with Crippen LogP contribution in [-0.2, 0) is 4.79 Å². The Morgan fingerprint density at radius 2 is 1.90 bits per heavy atom. The average molecular weight is 281 g/mol. The predicted molar refractivity (Wildman–Crippen MR) is 81.8 cm³/mol. The van der Waals surface area contributed by atoms with Gasteiger partial charge in [-0.05, 0) is 38.1 Å². The van der Waals surface area contributed by atoms with Gasteiger partial charge in [0.05, 0.1) is 5.41 Å². The lowest BCUT2D eigenvalue weighted by molar-refractivity contribution is -0.154. The summed E-state index contributed by atoms with van der Waals surface area (Å²) < 4.78 is 0. The Morgan fingerprint density at radius 3 is 2.45 bits per heavy atom. The topological polar surface area (TPSA) is 40.5 Å². The van der Waals surface area contributed by atoms with Crippen molar-refractivity contribution in [2.45, 2.75) is 77.7 Å². The number of hydrogen-bond acceptors (Lipinski definition) is 2. The van der Waals surface area contributed by atoms with E-state index in [9.17, 15) is 9.90 Å². The molecule has 0 aliphatic heterocycles. The second kappa shape index (κ2) is 6.93. The van der Waals surface area contributed by atoms with Crippen molar-refractivity contribution in [3.05, 3.63) is 0 Å². The summed E-state index contributed by atoms with van der Waals surface area (Å²) in [6.07, 6.45) is 10.5. The van der Waals surface area contributed by atoms with Crippen LogP contribution in [0.4, 0.5) is 0 Å². The molecule has 2 aliphatic carbocycles. The van der Waals surface area contributed by atoms with Gasteiger partial charge in [0.25, 0.3) is 0 Å². The molecule has 1 N–H and O–H groups in total. The molecule has 0 saturated heterocycles. The average Bonchev–Trinajstić information content (AvgIpc) is 2.45. The summed E-state index contributed by atoms with van der Waals surface area (Å²) >= 11 is 0. The molecule has 0 amide bonds. The van der Waals surface area contributed by atoms with Crippen LogP contribution < -0.4 is 0 Å². The molecule has 2 fully saturated rings. The zero-order valence-corrected chi connectivity index (χ0v) is 13.2. The van der Waals surface area contributed by atoms with Gasteiger partial charge in [0.2, 0.25) is 0 Å². The van der Waals surface area contributed by atoms with Crippen LogP contribution in [0.25, 0.3) is 0 Å². The molecular weight excluding hydrogens is 250 g/mol. The smallest absolute Gasteiger partial charge is 0.310 e. The first-order valence-corrected chi connectivity index (χ1v) is 8.55. The number of carboxylic acid groups (broad SMARTS) is 1. The lowest BCUT2D eigenvalue weighted by Gasteiger charge is -2.43. The maximum absolute atomic E-state index is 11.9. The molecule has 2 unspecified atom stereocenters. The number of nitrogens with zero attached hydrogens (tertiary/aromatic N) is 1. The van der Waals surface area contributed by atoms with Crippen LogP contribution in [0.2, 0.25) is 0 Å². The summed E-state index contributed by atoms with van der Waals surface area (Å²) in [4.78, 5) is 14.4. The summed E-state index contributed by atoms with van der Waals surface area (Å²) in [6, 6.07) is 0.627. The van der Waals surface area contributed by atoms with Gasteiger partial charge in [-0.2, -0.15) is 0 Å². The fourth-order valence-corrected chi connectivity index (χ4v) is 4.40. The lowest BCUT2D eigenvalue weighted by Crippen LogP contribution is -2.49. The fourth-order valence-electron chi connectivity index (χ4n) is 4.40. The van der Waals surface area contributed by atoms with Gasteiger partial charge < -0.3 is 5.11 Å². The molecule has 0 bridgehead atoms. The molecule has 116 valence electrons. The van der Waals surface area contributed by atoms with Crippen molar-refractivity contribution >= 4 is 5.97 Å².